The molecule has 0 aliphatic carbocycles. The smallest absolute Gasteiger partial charge is 0.254 e. The maximum Gasteiger partial charge on any atom is 0.254 e. The number of benzene rings is 2. The van der Waals surface area contributed by atoms with Crippen molar-refractivity contribution in [2.75, 3.05) is 0 Å². The van der Waals surface area contributed by atoms with Gasteiger partial charge < -0.3 is 5.32 Å². The molecule has 0 bridgehead atoms. The lowest BCUT2D eigenvalue weighted by atomic mass is 10.1. The lowest BCUT2D eigenvalue weighted by Gasteiger charge is -2.15. The number of rotatable bonds is 3. The van der Waals surface area contributed by atoms with Crippen LogP contribution in [0.4, 0.5) is 4.39 Å². The number of nitrogens with one attached hydrogen (secondary N) is 1. The number of amides is 1. The summed E-state index contributed by atoms with van der Waals surface area (Å²) in [6.07, 6.45) is 0. The van der Waals surface area contributed by atoms with Gasteiger partial charge in [-0.2, -0.15) is 0 Å². The van der Waals surface area contributed by atoms with Crippen LogP contribution in [0.2, 0.25) is 0 Å². The average Bonchev–Trinajstić information content (AvgIpc) is 2.42. The highest BCUT2D eigenvalue weighted by Gasteiger charge is 2.15. The Labute approximate surface area is 126 Å². The van der Waals surface area contributed by atoms with E-state index in [2.05, 4.69) is 21.2 Å². The van der Waals surface area contributed by atoms with Gasteiger partial charge >= 0.3 is 0 Å². The third-order valence-electron chi connectivity index (χ3n) is 3.10. The highest BCUT2D eigenvalue weighted by molar-refractivity contribution is 9.10. The van der Waals surface area contributed by atoms with Crippen molar-refractivity contribution in [2.24, 2.45) is 0 Å². The minimum Gasteiger partial charge on any atom is -0.345 e. The second kappa shape index (κ2) is 6.18. The largest absolute Gasteiger partial charge is 0.345 e. The second-order valence-corrected chi connectivity index (χ2v) is 5.65. The predicted octanol–water partition coefficient (Wildman–Crippen LogP) is 4.39. The average molecular weight is 336 g/mol. The monoisotopic (exact) mass is 335 g/mol. The molecule has 0 saturated heterocycles. The summed E-state index contributed by atoms with van der Waals surface area (Å²) in [7, 11) is 0. The van der Waals surface area contributed by atoms with Gasteiger partial charge in [0.15, 0.2) is 0 Å². The van der Waals surface area contributed by atoms with E-state index in [0.717, 1.165) is 11.1 Å². The number of hydrogen-bond donors (Lipinski definition) is 1. The molecule has 0 spiro atoms. The van der Waals surface area contributed by atoms with Crippen LogP contribution >= 0.6 is 15.9 Å². The van der Waals surface area contributed by atoms with Crippen LogP contribution in [0, 0.1) is 12.7 Å². The van der Waals surface area contributed by atoms with Gasteiger partial charge in [0.05, 0.1) is 11.6 Å². The van der Waals surface area contributed by atoms with Gasteiger partial charge in [0.2, 0.25) is 0 Å². The van der Waals surface area contributed by atoms with E-state index < -0.39 is 11.7 Å². The molecule has 1 N–H and O–H groups in total. The van der Waals surface area contributed by atoms with Gasteiger partial charge in [-0.1, -0.05) is 45.8 Å². The zero-order valence-corrected chi connectivity index (χ0v) is 12.9. The molecule has 20 heavy (non-hydrogen) atoms. The van der Waals surface area contributed by atoms with Gasteiger partial charge in [-0.15, -0.1) is 0 Å². The molecule has 2 aromatic carbocycles. The summed E-state index contributed by atoms with van der Waals surface area (Å²) in [5.41, 5.74) is 2.18. The van der Waals surface area contributed by atoms with Crippen molar-refractivity contribution in [3.8, 4) is 0 Å². The van der Waals surface area contributed by atoms with Crippen molar-refractivity contribution in [3.05, 3.63) is 69.4 Å². The Bertz CT molecular complexity index is 625. The van der Waals surface area contributed by atoms with Crippen LogP contribution in [0.1, 0.15) is 34.5 Å². The van der Waals surface area contributed by atoms with Crippen LogP contribution in [-0.4, -0.2) is 5.91 Å². The number of aryl methyl sites for hydroxylation is 1. The van der Waals surface area contributed by atoms with Crippen LogP contribution < -0.4 is 5.32 Å². The maximum absolute atomic E-state index is 13.6. The zero-order chi connectivity index (χ0) is 14.7. The molecule has 0 saturated carbocycles. The molecule has 104 valence electrons. The van der Waals surface area contributed by atoms with Crippen LogP contribution in [0.5, 0.6) is 0 Å². The number of halogens is 2. The van der Waals surface area contributed by atoms with Gasteiger partial charge in [0, 0.05) is 4.47 Å². The Kier molecular flexibility index (Phi) is 4.55. The van der Waals surface area contributed by atoms with E-state index in [1.165, 1.54) is 12.1 Å². The standard InChI is InChI=1S/C16H15BrFNO/c1-10-3-5-12(6-4-10)11(2)19-16(20)14-9-13(17)7-8-15(14)18/h3-9,11H,1-2H3,(H,19,20). The van der Waals surface area contributed by atoms with Gasteiger partial charge in [-0.3, -0.25) is 4.79 Å². The molecule has 0 radical (unpaired) electrons. The molecule has 0 aromatic heterocycles. The molecule has 0 aliphatic heterocycles. The van der Waals surface area contributed by atoms with Gasteiger partial charge in [0.25, 0.3) is 5.91 Å². The van der Waals surface area contributed by atoms with Crippen molar-refractivity contribution >= 4 is 21.8 Å². The SMILES string of the molecule is Cc1ccc(C(C)NC(=O)c2cc(Br)ccc2F)cc1. The molecule has 0 heterocycles. The summed E-state index contributed by atoms with van der Waals surface area (Å²) in [6, 6.07) is 12.0. The van der Waals surface area contributed by atoms with Crippen molar-refractivity contribution in [2.45, 2.75) is 19.9 Å². The van der Waals surface area contributed by atoms with Crippen molar-refractivity contribution in [3.63, 3.8) is 0 Å². The first-order chi connectivity index (χ1) is 9.47. The minimum absolute atomic E-state index is 0.0401. The first-order valence-electron chi connectivity index (χ1n) is 6.30. The first-order valence-corrected chi connectivity index (χ1v) is 7.09. The van der Waals surface area contributed by atoms with Crippen molar-refractivity contribution < 1.29 is 9.18 Å². The van der Waals surface area contributed by atoms with Crippen LogP contribution in [0.3, 0.4) is 0 Å². The summed E-state index contributed by atoms with van der Waals surface area (Å²) in [5.74, 6) is -0.946. The van der Waals surface area contributed by atoms with E-state index in [9.17, 15) is 9.18 Å². The summed E-state index contributed by atoms with van der Waals surface area (Å²) >= 11 is 3.24. The van der Waals surface area contributed by atoms with E-state index in [4.69, 9.17) is 0 Å². The summed E-state index contributed by atoms with van der Waals surface area (Å²) in [6.45, 7) is 3.88. The Morgan fingerprint density at radius 1 is 1.20 bits per heavy atom. The van der Waals surface area contributed by atoms with E-state index >= 15 is 0 Å². The molecule has 4 heteroatoms. The lowest BCUT2D eigenvalue weighted by Crippen LogP contribution is -2.27. The predicted molar refractivity (Wildman–Crippen MR) is 81.2 cm³/mol. The maximum atomic E-state index is 13.6. The molecule has 1 atom stereocenters. The summed E-state index contributed by atoms with van der Waals surface area (Å²) in [4.78, 5) is 12.1. The fourth-order valence-corrected chi connectivity index (χ4v) is 2.25. The molecule has 2 aromatic rings. The Hall–Kier alpha value is -1.68. The van der Waals surface area contributed by atoms with Gasteiger partial charge in [-0.05, 0) is 37.6 Å². The fourth-order valence-electron chi connectivity index (χ4n) is 1.88. The van der Waals surface area contributed by atoms with Crippen molar-refractivity contribution in [1.29, 1.82) is 0 Å². The van der Waals surface area contributed by atoms with E-state index in [1.807, 2.05) is 38.1 Å². The molecule has 2 nitrogen and oxygen atoms in total. The summed E-state index contributed by atoms with van der Waals surface area (Å²) in [5, 5.41) is 2.80. The van der Waals surface area contributed by atoms with E-state index in [1.54, 1.807) is 6.07 Å². The van der Waals surface area contributed by atoms with E-state index in [0.29, 0.717) is 4.47 Å². The third kappa shape index (κ3) is 3.45. The van der Waals surface area contributed by atoms with E-state index in [-0.39, 0.29) is 11.6 Å². The molecule has 2 rings (SSSR count). The topological polar surface area (TPSA) is 29.1 Å². The normalized spacial score (nSPS) is 12.0. The molecular weight excluding hydrogens is 321 g/mol. The molecular formula is C16H15BrFNO. The highest BCUT2D eigenvalue weighted by Crippen LogP contribution is 2.18. The second-order valence-electron chi connectivity index (χ2n) is 4.73. The Morgan fingerprint density at radius 3 is 2.50 bits per heavy atom. The highest BCUT2D eigenvalue weighted by atomic mass is 79.9. The quantitative estimate of drug-likeness (QED) is 0.885. The number of carbonyl (C=O) groups is 1. The van der Waals surface area contributed by atoms with Crippen LogP contribution in [0.15, 0.2) is 46.9 Å². The fraction of sp³-hybridized carbons (Fsp3) is 0.188. The lowest BCUT2D eigenvalue weighted by molar-refractivity contribution is 0.0935. The molecule has 1 amide bonds. The minimum atomic E-state index is -0.526. The molecule has 1 unspecified atom stereocenters. The van der Waals surface area contributed by atoms with Crippen LogP contribution in [0.25, 0.3) is 0 Å². The Morgan fingerprint density at radius 2 is 1.85 bits per heavy atom. The Balaban J connectivity index is 2.15. The summed E-state index contributed by atoms with van der Waals surface area (Å²) < 4.78 is 14.3. The molecule has 0 aliphatic rings. The van der Waals surface area contributed by atoms with Gasteiger partial charge in [0.1, 0.15) is 5.82 Å². The zero-order valence-electron chi connectivity index (χ0n) is 11.3. The number of carbonyl (C=O) groups excluding carboxylic acids is 1. The van der Waals surface area contributed by atoms with Crippen LogP contribution in [-0.2, 0) is 0 Å². The molecule has 0 fully saturated rings. The number of hydrogen-bond acceptors (Lipinski definition) is 1. The first kappa shape index (κ1) is 14.7. The third-order valence-corrected chi connectivity index (χ3v) is 3.59. The van der Waals surface area contributed by atoms with Crippen molar-refractivity contribution in [1.82, 2.24) is 5.32 Å². The van der Waals surface area contributed by atoms with Gasteiger partial charge in [-0.25, -0.2) is 4.39 Å².